The van der Waals surface area contributed by atoms with Crippen LogP contribution in [-0.4, -0.2) is 86.4 Å². The third-order valence-electron chi connectivity index (χ3n) is 7.00. The minimum absolute atomic E-state index is 0.0341. The molecular weight excluding hydrogens is 407 g/mol. The summed E-state index contributed by atoms with van der Waals surface area (Å²) in [4.78, 5) is 53.7. The molecule has 4 rings (SSSR count). The lowest BCUT2D eigenvalue weighted by atomic mass is 9.57. The van der Waals surface area contributed by atoms with Crippen LogP contribution in [0.2, 0.25) is 0 Å². The van der Waals surface area contributed by atoms with Crippen molar-refractivity contribution in [3.05, 3.63) is 29.3 Å². The largest absolute Gasteiger partial charge is 0.399 e. The number of carbonyl (C=O) groups excluding carboxylic acids is 4. The molecule has 2 aliphatic heterocycles. The Balaban J connectivity index is 1.38. The van der Waals surface area contributed by atoms with Crippen LogP contribution in [0.3, 0.4) is 0 Å². The number of likely N-dealkylation sites (tertiary alicyclic amines) is 1. The van der Waals surface area contributed by atoms with Gasteiger partial charge in [0.2, 0.25) is 13.9 Å². The fourth-order valence-corrected chi connectivity index (χ4v) is 5.59. The van der Waals surface area contributed by atoms with E-state index in [4.69, 9.17) is 7.98 Å². The molecule has 1 aromatic carbocycles. The minimum Gasteiger partial charge on any atom is -0.399 e. The quantitative estimate of drug-likeness (QED) is 0.357. The topological polar surface area (TPSA) is 90.0 Å². The zero-order chi connectivity index (χ0) is 23.0. The van der Waals surface area contributed by atoms with Crippen LogP contribution in [0.25, 0.3) is 0 Å². The first-order chi connectivity index (χ1) is 15.2. The van der Waals surface area contributed by atoms with Crippen LogP contribution in [0, 0.1) is 11.3 Å². The maximum absolute atomic E-state index is 13.1. The Hall–Kier alpha value is -2.68. The van der Waals surface area contributed by atoms with Gasteiger partial charge in [0.1, 0.15) is 6.29 Å². The number of hydrogen-bond acceptors (Lipinski definition) is 6. The number of fused-ring (bicyclic) bond motifs is 1. The molecule has 1 saturated heterocycles. The van der Waals surface area contributed by atoms with Crippen LogP contribution in [0.5, 0.6) is 0 Å². The lowest BCUT2D eigenvalue weighted by molar-refractivity contribution is -0.126. The third-order valence-corrected chi connectivity index (χ3v) is 7.00. The van der Waals surface area contributed by atoms with E-state index in [1.165, 1.54) is 33.0 Å². The van der Waals surface area contributed by atoms with Crippen molar-refractivity contribution in [2.24, 2.45) is 11.3 Å². The van der Waals surface area contributed by atoms with Crippen molar-refractivity contribution in [1.82, 2.24) is 14.6 Å². The first-order valence-electron chi connectivity index (χ1n) is 11.1. The second kappa shape index (κ2) is 8.69. The Morgan fingerprint density at radius 3 is 2.66 bits per heavy atom. The van der Waals surface area contributed by atoms with Crippen molar-refractivity contribution in [3.63, 3.8) is 0 Å². The second-order valence-corrected chi connectivity index (χ2v) is 9.62. The van der Waals surface area contributed by atoms with Crippen molar-refractivity contribution >= 4 is 37.7 Å². The molecule has 2 fully saturated rings. The van der Waals surface area contributed by atoms with Crippen molar-refractivity contribution in [2.75, 3.05) is 39.0 Å². The smallest absolute Gasteiger partial charge is 0.264 e. The molecule has 3 aliphatic rings. The van der Waals surface area contributed by atoms with E-state index in [1.807, 2.05) is 0 Å². The Morgan fingerprint density at radius 2 is 2.03 bits per heavy atom. The highest BCUT2D eigenvalue weighted by Gasteiger charge is 2.50. The van der Waals surface area contributed by atoms with E-state index in [2.05, 4.69) is 17.3 Å². The first kappa shape index (κ1) is 22.5. The normalized spacial score (nSPS) is 20.5. The SMILES string of the molecule is [B]N(C)C(=O)CCC(C=O)N1C(=O)c2cccc(NCCC3CC4(C3)CN(C)C4)c2C1=O. The van der Waals surface area contributed by atoms with E-state index in [9.17, 15) is 19.2 Å². The van der Waals surface area contributed by atoms with Crippen LogP contribution >= 0.6 is 0 Å². The van der Waals surface area contributed by atoms with Gasteiger partial charge >= 0.3 is 0 Å². The highest BCUT2D eigenvalue weighted by Crippen LogP contribution is 2.52. The van der Waals surface area contributed by atoms with Crippen molar-refractivity contribution in [1.29, 1.82) is 0 Å². The Kier molecular flexibility index (Phi) is 6.12. The Bertz CT molecular complexity index is 936. The van der Waals surface area contributed by atoms with Crippen molar-refractivity contribution in [3.8, 4) is 0 Å². The van der Waals surface area contributed by atoms with E-state index in [1.54, 1.807) is 18.2 Å². The lowest BCUT2D eigenvalue weighted by Crippen LogP contribution is -2.60. The standard InChI is InChI=1S/C23H29BN4O4/c1-26-13-23(14-26)10-15(11-23)8-9-25-18-5-3-4-17-20(18)22(32)28(21(17)31)16(12-29)6-7-19(30)27(2)24/h3-5,12,15-16,25H,6-11,13-14H2,1-2H3. The van der Waals surface area contributed by atoms with Gasteiger partial charge < -0.3 is 19.8 Å². The van der Waals surface area contributed by atoms with Crippen LogP contribution in [0.15, 0.2) is 18.2 Å². The van der Waals surface area contributed by atoms with Crippen LogP contribution in [0.4, 0.5) is 5.69 Å². The highest BCUT2D eigenvalue weighted by molar-refractivity contribution is 6.24. The molecule has 32 heavy (non-hydrogen) atoms. The predicted octanol–water partition coefficient (Wildman–Crippen LogP) is 1.32. The molecule has 168 valence electrons. The Labute approximate surface area is 189 Å². The summed E-state index contributed by atoms with van der Waals surface area (Å²) in [7, 11) is 8.98. The van der Waals surface area contributed by atoms with E-state index in [-0.39, 0.29) is 24.3 Å². The fourth-order valence-electron chi connectivity index (χ4n) is 5.59. The molecule has 2 heterocycles. The highest BCUT2D eigenvalue weighted by atomic mass is 16.2. The molecule has 0 aromatic heterocycles. The second-order valence-electron chi connectivity index (χ2n) is 9.62. The molecule has 1 aliphatic carbocycles. The first-order valence-corrected chi connectivity index (χ1v) is 11.1. The molecule has 0 bridgehead atoms. The molecule has 8 nitrogen and oxygen atoms in total. The van der Waals surface area contributed by atoms with Gasteiger partial charge in [-0.05, 0) is 63.2 Å². The van der Waals surface area contributed by atoms with Gasteiger partial charge in [0.05, 0.1) is 17.2 Å². The molecule has 1 N–H and O–H groups in total. The number of hydrogen-bond donors (Lipinski definition) is 1. The molecule has 3 amide bonds. The molecule has 1 unspecified atom stereocenters. The molecular formula is C23H29BN4O4. The zero-order valence-corrected chi connectivity index (χ0v) is 18.7. The zero-order valence-electron chi connectivity index (χ0n) is 18.7. The van der Waals surface area contributed by atoms with E-state index < -0.39 is 17.9 Å². The number of nitrogens with one attached hydrogen (secondary N) is 1. The summed E-state index contributed by atoms with van der Waals surface area (Å²) >= 11 is 0. The predicted molar refractivity (Wildman–Crippen MR) is 120 cm³/mol. The number of carbonyl (C=O) groups is 4. The fraction of sp³-hybridized carbons (Fsp3) is 0.565. The van der Waals surface area contributed by atoms with E-state index in [0.717, 1.165) is 22.7 Å². The molecule has 1 saturated carbocycles. The molecule has 9 heteroatoms. The average Bonchev–Trinajstić information content (AvgIpc) is 2.97. The van der Waals surface area contributed by atoms with Gasteiger partial charge in [-0.1, -0.05) is 6.07 Å². The van der Waals surface area contributed by atoms with Crippen molar-refractivity contribution < 1.29 is 19.2 Å². The number of anilines is 1. The number of rotatable bonds is 9. The summed E-state index contributed by atoms with van der Waals surface area (Å²) in [6, 6.07) is 4.12. The maximum atomic E-state index is 13.1. The van der Waals surface area contributed by atoms with Crippen LogP contribution in [-0.2, 0) is 9.59 Å². The number of aldehydes is 1. The third kappa shape index (κ3) is 4.06. The summed E-state index contributed by atoms with van der Waals surface area (Å²) in [5.41, 5.74) is 1.75. The lowest BCUT2D eigenvalue weighted by Gasteiger charge is -2.58. The van der Waals surface area contributed by atoms with Gasteiger partial charge in [0, 0.05) is 31.7 Å². The number of benzene rings is 1. The van der Waals surface area contributed by atoms with Crippen LogP contribution in [0.1, 0.15) is 52.8 Å². The molecule has 2 radical (unpaired) electrons. The summed E-state index contributed by atoms with van der Waals surface area (Å²) in [6.07, 6.45) is 4.09. The summed E-state index contributed by atoms with van der Waals surface area (Å²) in [5, 5.41) is 3.33. The number of nitrogens with zero attached hydrogens (tertiary/aromatic N) is 3. The van der Waals surface area contributed by atoms with E-state index >= 15 is 0 Å². The Morgan fingerprint density at radius 1 is 1.31 bits per heavy atom. The van der Waals surface area contributed by atoms with Gasteiger partial charge in [-0.15, -0.1) is 0 Å². The maximum Gasteiger partial charge on any atom is 0.264 e. The molecule has 1 atom stereocenters. The summed E-state index contributed by atoms with van der Waals surface area (Å²) < 4.78 is 0. The van der Waals surface area contributed by atoms with E-state index in [0.29, 0.717) is 28.9 Å². The minimum atomic E-state index is -1.01. The molecule has 1 aromatic rings. The number of amides is 3. The van der Waals surface area contributed by atoms with Crippen molar-refractivity contribution in [2.45, 2.75) is 38.1 Å². The van der Waals surface area contributed by atoms with Crippen LogP contribution < -0.4 is 5.32 Å². The average molecular weight is 436 g/mol. The van der Waals surface area contributed by atoms with Gasteiger partial charge in [0.25, 0.3) is 11.8 Å². The monoisotopic (exact) mass is 436 g/mol. The van der Waals surface area contributed by atoms with Gasteiger partial charge in [0.15, 0.2) is 0 Å². The molecule has 1 spiro atoms. The van der Waals surface area contributed by atoms with Gasteiger partial charge in [-0.3, -0.25) is 19.3 Å². The number of imide groups is 1. The van der Waals surface area contributed by atoms with Gasteiger partial charge in [-0.25, -0.2) is 0 Å². The summed E-state index contributed by atoms with van der Waals surface area (Å²) in [5.74, 6) is -0.685. The van der Waals surface area contributed by atoms with Gasteiger partial charge in [-0.2, -0.15) is 0 Å². The summed E-state index contributed by atoms with van der Waals surface area (Å²) in [6.45, 7) is 3.12.